The number of methoxy groups -OCH3 is 1. The predicted molar refractivity (Wildman–Crippen MR) is 149 cm³/mol. The minimum Gasteiger partial charge on any atom is -0.494 e. The van der Waals surface area contributed by atoms with E-state index in [-0.39, 0.29) is 45.2 Å². The van der Waals surface area contributed by atoms with Gasteiger partial charge in [-0.1, -0.05) is 18.2 Å². The van der Waals surface area contributed by atoms with Crippen LogP contribution in [0.2, 0.25) is 0 Å². The summed E-state index contributed by atoms with van der Waals surface area (Å²) in [4.78, 5) is 28.2. The lowest BCUT2D eigenvalue weighted by molar-refractivity contribution is 0.371. The van der Waals surface area contributed by atoms with Crippen molar-refractivity contribution >= 4 is 28.3 Å². The number of nitrogens with zero attached hydrogens (tertiary/aromatic N) is 5. The maximum atomic E-state index is 15.0. The molecule has 2 heterocycles. The van der Waals surface area contributed by atoms with Crippen LogP contribution < -0.4 is 20.9 Å². The van der Waals surface area contributed by atoms with Crippen LogP contribution >= 0.6 is 0 Å². The minimum atomic E-state index is -1.29. The van der Waals surface area contributed by atoms with Crippen molar-refractivity contribution < 1.29 is 17.9 Å². The molecule has 5 rings (SSSR count). The molecule has 41 heavy (non-hydrogen) atoms. The van der Waals surface area contributed by atoms with Gasteiger partial charge < -0.3 is 15.4 Å². The Labute approximate surface area is 232 Å². The molecule has 2 aromatic heterocycles. The van der Waals surface area contributed by atoms with Gasteiger partial charge in [0.25, 0.3) is 5.56 Å². The van der Waals surface area contributed by atoms with Gasteiger partial charge in [0, 0.05) is 12.6 Å². The van der Waals surface area contributed by atoms with E-state index in [4.69, 9.17) is 20.9 Å². The van der Waals surface area contributed by atoms with E-state index in [1.54, 1.807) is 49.2 Å². The Bertz CT molecular complexity index is 1860. The third-order valence-electron chi connectivity index (χ3n) is 6.80. The highest BCUT2D eigenvalue weighted by atomic mass is 19.2. The largest absolute Gasteiger partial charge is 0.494 e. The Morgan fingerprint density at radius 1 is 1.05 bits per heavy atom. The fraction of sp³-hybridized carbons (Fsp3) is 0.138. The number of para-hydroxylation sites is 1. The second-order valence-electron chi connectivity index (χ2n) is 9.17. The van der Waals surface area contributed by atoms with Crippen molar-refractivity contribution in [2.45, 2.75) is 13.0 Å². The number of anilines is 2. The van der Waals surface area contributed by atoms with E-state index >= 15 is 0 Å². The molecule has 0 aliphatic carbocycles. The first-order chi connectivity index (χ1) is 19.6. The molecule has 0 aliphatic heterocycles. The van der Waals surface area contributed by atoms with E-state index in [2.05, 4.69) is 9.97 Å². The molecule has 3 N–H and O–H groups in total. The van der Waals surface area contributed by atoms with Gasteiger partial charge in [0.1, 0.15) is 29.6 Å². The van der Waals surface area contributed by atoms with Crippen LogP contribution in [0, 0.1) is 22.9 Å². The maximum absolute atomic E-state index is 15.0. The third kappa shape index (κ3) is 4.73. The van der Waals surface area contributed by atoms with Crippen molar-refractivity contribution in [2.75, 3.05) is 24.8 Å². The number of hydrogen-bond donors (Lipinski definition) is 2. The van der Waals surface area contributed by atoms with E-state index in [0.29, 0.717) is 5.69 Å². The summed E-state index contributed by atoms with van der Waals surface area (Å²) in [7, 11) is 2.83. The van der Waals surface area contributed by atoms with Crippen LogP contribution in [0.4, 0.5) is 24.8 Å². The predicted octanol–water partition coefficient (Wildman–Crippen LogP) is 4.80. The standard InChI is InChI=1S/C29H24F3N7O2/c1-15(27-37-20-11-9-16(30)13-19(20)29(40)39(27)17-7-5-4-6-8-17)38(2)28-22(26(34)35-14-36-28)25(33)18-10-12-21(41-3)24(32)23(18)31/h4-15,33H,1-3H3,(H2,34,35,36). The summed E-state index contributed by atoms with van der Waals surface area (Å²) < 4.78 is 49.7. The Morgan fingerprint density at radius 2 is 1.78 bits per heavy atom. The normalized spacial score (nSPS) is 11.9. The summed E-state index contributed by atoms with van der Waals surface area (Å²) in [6, 6.07) is 14.2. The van der Waals surface area contributed by atoms with Gasteiger partial charge >= 0.3 is 0 Å². The Balaban J connectivity index is 1.67. The van der Waals surface area contributed by atoms with Gasteiger partial charge in [-0.2, -0.15) is 4.39 Å². The van der Waals surface area contributed by atoms with Gasteiger partial charge in [-0.05, 0) is 49.4 Å². The van der Waals surface area contributed by atoms with Crippen molar-refractivity contribution in [1.29, 1.82) is 5.41 Å². The van der Waals surface area contributed by atoms with Crippen LogP contribution in [-0.2, 0) is 0 Å². The van der Waals surface area contributed by atoms with Gasteiger partial charge in [0.05, 0.1) is 41.0 Å². The summed E-state index contributed by atoms with van der Waals surface area (Å²) in [6.07, 6.45) is 1.18. The molecule has 5 aromatic rings. The Hall–Kier alpha value is -5.26. The number of nitrogens with one attached hydrogen (secondary N) is 1. The first kappa shape index (κ1) is 27.3. The lowest BCUT2D eigenvalue weighted by Crippen LogP contribution is -2.33. The zero-order chi connectivity index (χ0) is 29.4. The molecule has 12 heteroatoms. The van der Waals surface area contributed by atoms with E-state index < -0.39 is 34.8 Å². The van der Waals surface area contributed by atoms with Crippen LogP contribution in [0.3, 0.4) is 0 Å². The van der Waals surface area contributed by atoms with E-state index in [1.165, 1.54) is 42.3 Å². The summed E-state index contributed by atoms with van der Waals surface area (Å²) in [5.41, 5.74) is 5.55. The molecule has 0 amide bonds. The van der Waals surface area contributed by atoms with E-state index in [0.717, 1.165) is 6.07 Å². The quantitative estimate of drug-likeness (QED) is 0.275. The van der Waals surface area contributed by atoms with Crippen molar-refractivity contribution in [2.24, 2.45) is 0 Å². The first-order valence-corrected chi connectivity index (χ1v) is 12.4. The average molecular weight is 560 g/mol. The van der Waals surface area contributed by atoms with E-state index in [1.807, 2.05) is 0 Å². The summed E-state index contributed by atoms with van der Waals surface area (Å²) in [6.45, 7) is 1.75. The molecule has 9 nitrogen and oxygen atoms in total. The molecule has 0 bridgehead atoms. The van der Waals surface area contributed by atoms with Gasteiger partial charge in [0.2, 0.25) is 5.82 Å². The average Bonchev–Trinajstić information content (AvgIpc) is 2.98. The third-order valence-corrected chi connectivity index (χ3v) is 6.80. The number of nitrogen functional groups attached to an aromatic ring is 1. The summed E-state index contributed by atoms with van der Waals surface area (Å²) in [5, 5.41) is 8.85. The van der Waals surface area contributed by atoms with Gasteiger partial charge in [-0.25, -0.2) is 23.7 Å². The Kier molecular flexibility index (Phi) is 7.14. The number of nitrogens with two attached hydrogens (primary N) is 1. The molecule has 0 radical (unpaired) electrons. The smallest absolute Gasteiger partial charge is 0.266 e. The second kappa shape index (κ2) is 10.7. The van der Waals surface area contributed by atoms with Crippen molar-refractivity contribution in [1.82, 2.24) is 19.5 Å². The molecule has 0 fully saturated rings. The first-order valence-electron chi connectivity index (χ1n) is 12.4. The lowest BCUT2D eigenvalue weighted by atomic mass is 10.0. The number of ether oxygens (including phenoxy) is 1. The van der Waals surface area contributed by atoms with Gasteiger partial charge in [-0.3, -0.25) is 14.8 Å². The molecular formula is C29H24F3N7O2. The molecule has 1 atom stereocenters. The van der Waals surface area contributed by atoms with Crippen molar-refractivity contribution in [3.05, 3.63) is 112 Å². The van der Waals surface area contributed by atoms with Crippen LogP contribution in [0.15, 0.2) is 71.8 Å². The molecule has 0 saturated heterocycles. The zero-order valence-corrected chi connectivity index (χ0v) is 22.2. The summed E-state index contributed by atoms with van der Waals surface area (Å²) in [5.74, 6) is -3.19. The molecule has 0 aliphatic rings. The monoisotopic (exact) mass is 559 g/mol. The number of aromatic nitrogens is 4. The highest BCUT2D eigenvalue weighted by Crippen LogP contribution is 2.32. The molecule has 3 aromatic carbocycles. The molecular weight excluding hydrogens is 535 g/mol. The van der Waals surface area contributed by atoms with E-state index in [9.17, 15) is 18.0 Å². The highest BCUT2D eigenvalue weighted by molar-refractivity contribution is 6.16. The number of rotatable bonds is 7. The molecule has 1 unspecified atom stereocenters. The van der Waals surface area contributed by atoms with Crippen LogP contribution in [0.1, 0.15) is 29.9 Å². The number of hydrogen-bond acceptors (Lipinski definition) is 8. The van der Waals surface area contributed by atoms with Gasteiger partial charge in [0.15, 0.2) is 11.6 Å². The lowest BCUT2D eigenvalue weighted by Gasteiger charge is -2.29. The van der Waals surface area contributed by atoms with Gasteiger partial charge in [-0.15, -0.1) is 0 Å². The SMILES string of the molecule is COc1ccc(C(=N)c2c(N)ncnc2N(C)C(C)c2nc3ccc(F)cc3c(=O)n2-c2ccccc2)c(F)c1F. The van der Waals surface area contributed by atoms with Crippen molar-refractivity contribution in [3.8, 4) is 11.4 Å². The fourth-order valence-corrected chi connectivity index (χ4v) is 4.55. The van der Waals surface area contributed by atoms with Crippen LogP contribution in [0.5, 0.6) is 5.75 Å². The number of fused-ring (bicyclic) bond motifs is 1. The molecule has 208 valence electrons. The summed E-state index contributed by atoms with van der Waals surface area (Å²) >= 11 is 0. The highest BCUT2D eigenvalue weighted by Gasteiger charge is 2.28. The van der Waals surface area contributed by atoms with Crippen LogP contribution in [-0.4, -0.2) is 39.4 Å². The molecule has 0 spiro atoms. The minimum absolute atomic E-state index is 0.0539. The Morgan fingerprint density at radius 3 is 2.49 bits per heavy atom. The number of halogens is 3. The fourth-order valence-electron chi connectivity index (χ4n) is 4.55. The van der Waals surface area contributed by atoms with Crippen molar-refractivity contribution in [3.63, 3.8) is 0 Å². The zero-order valence-electron chi connectivity index (χ0n) is 22.2. The second-order valence-corrected chi connectivity index (χ2v) is 9.17. The molecule has 0 saturated carbocycles. The van der Waals surface area contributed by atoms with Crippen LogP contribution in [0.25, 0.3) is 16.6 Å². The number of benzene rings is 3. The maximum Gasteiger partial charge on any atom is 0.266 e. The topological polar surface area (TPSA) is 123 Å².